The summed E-state index contributed by atoms with van der Waals surface area (Å²) in [5.41, 5.74) is 18.5. The Morgan fingerprint density at radius 2 is 2.00 bits per heavy atom. The SMILES string of the molecule is NC1=CCC(N)(O)C(c2cccc(N)c2)=C1. The summed E-state index contributed by atoms with van der Waals surface area (Å²) in [6, 6.07) is 7.21. The lowest BCUT2D eigenvalue weighted by Gasteiger charge is -2.28. The first-order valence-corrected chi connectivity index (χ1v) is 5.04. The molecule has 0 aromatic heterocycles. The first kappa shape index (κ1) is 10.7. The van der Waals surface area contributed by atoms with Gasteiger partial charge in [0.25, 0.3) is 0 Å². The number of allylic oxidation sites excluding steroid dienone is 1. The molecule has 0 heterocycles. The van der Waals surface area contributed by atoms with Crippen molar-refractivity contribution in [1.29, 1.82) is 0 Å². The van der Waals surface area contributed by atoms with Gasteiger partial charge in [0.05, 0.1) is 0 Å². The van der Waals surface area contributed by atoms with Crippen molar-refractivity contribution in [2.24, 2.45) is 11.5 Å². The zero-order valence-electron chi connectivity index (χ0n) is 8.85. The third-order valence-electron chi connectivity index (χ3n) is 2.62. The van der Waals surface area contributed by atoms with Crippen LogP contribution in [0.4, 0.5) is 5.69 Å². The zero-order chi connectivity index (χ0) is 11.8. The van der Waals surface area contributed by atoms with E-state index in [1.165, 1.54) is 0 Å². The molecule has 0 bridgehead atoms. The summed E-state index contributed by atoms with van der Waals surface area (Å²) in [7, 11) is 0. The van der Waals surface area contributed by atoms with Crippen LogP contribution in [-0.4, -0.2) is 10.8 Å². The Kier molecular flexibility index (Phi) is 2.46. The molecule has 0 saturated carbocycles. The molecule has 0 fully saturated rings. The van der Waals surface area contributed by atoms with Gasteiger partial charge in [-0.25, -0.2) is 0 Å². The fourth-order valence-corrected chi connectivity index (χ4v) is 1.77. The predicted molar refractivity (Wildman–Crippen MR) is 64.9 cm³/mol. The first-order valence-electron chi connectivity index (χ1n) is 5.04. The van der Waals surface area contributed by atoms with E-state index in [0.29, 0.717) is 23.4 Å². The molecule has 1 unspecified atom stereocenters. The molecule has 0 radical (unpaired) electrons. The van der Waals surface area contributed by atoms with Gasteiger partial charge in [-0.05, 0) is 23.8 Å². The van der Waals surface area contributed by atoms with Crippen LogP contribution in [0, 0.1) is 0 Å². The first-order chi connectivity index (χ1) is 7.49. The molecule has 7 N–H and O–H groups in total. The maximum atomic E-state index is 10.1. The molecule has 16 heavy (non-hydrogen) atoms. The highest BCUT2D eigenvalue weighted by Crippen LogP contribution is 2.31. The van der Waals surface area contributed by atoms with Gasteiger partial charge in [0.1, 0.15) is 5.72 Å². The second-order valence-corrected chi connectivity index (χ2v) is 4.02. The molecule has 4 nitrogen and oxygen atoms in total. The maximum absolute atomic E-state index is 10.1. The minimum Gasteiger partial charge on any atom is -0.399 e. The molecule has 0 aliphatic heterocycles. The van der Waals surface area contributed by atoms with Crippen molar-refractivity contribution in [2.45, 2.75) is 12.1 Å². The lowest BCUT2D eigenvalue weighted by molar-refractivity contribution is 0.111. The van der Waals surface area contributed by atoms with E-state index in [-0.39, 0.29) is 0 Å². The van der Waals surface area contributed by atoms with Crippen LogP contribution >= 0.6 is 0 Å². The monoisotopic (exact) mass is 217 g/mol. The Balaban J connectivity index is 2.49. The molecular weight excluding hydrogens is 202 g/mol. The second kappa shape index (κ2) is 3.66. The van der Waals surface area contributed by atoms with Gasteiger partial charge in [0.15, 0.2) is 0 Å². The molecule has 0 amide bonds. The van der Waals surface area contributed by atoms with Crippen molar-refractivity contribution in [1.82, 2.24) is 0 Å². The van der Waals surface area contributed by atoms with E-state index < -0.39 is 5.72 Å². The molecule has 2 rings (SSSR count). The molecule has 1 aromatic carbocycles. The molecular formula is C12H15N3O. The zero-order valence-corrected chi connectivity index (χ0v) is 8.85. The quantitative estimate of drug-likeness (QED) is 0.407. The van der Waals surface area contributed by atoms with Crippen molar-refractivity contribution in [3.63, 3.8) is 0 Å². The third kappa shape index (κ3) is 1.93. The maximum Gasteiger partial charge on any atom is 0.143 e. The fraction of sp³-hybridized carbons (Fsp3) is 0.167. The summed E-state index contributed by atoms with van der Waals surface area (Å²) >= 11 is 0. The molecule has 0 spiro atoms. The number of anilines is 1. The Bertz CT molecular complexity index is 475. The van der Waals surface area contributed by atoms with Gasteiger partial charge in [-0.1, -0.05) is 18.2 Å². The van der Waals surface area contributed by atoms with Gasteiger partial charge in [0.2, 0.25) is 0 Å². The van der Waals surface area contributed by atoms with E-state index in [4.69, 9.17) is 17.2 Å². The minimum atomic E-state index is -1.38. The average molecular weight is 217 g/mol. The van der Waals surface area contributed by atoms with Crippen LogP contribution in [-0.2, 0) is 0 Å². The summed E-state index contributed by atoms with van der Waals surface area (Å²) < 4.78 is 0. The van der Waals surface area contributed by atoms with E-state index in [0.717, 1.165) is 5.56 Å². The molecule has 4 heteroatoms. The third-order valence-corrected chi connectivity index (χ3v) is 2.62. The van der Waals surface area contributed by atoms with Crippen molar-refractivity contribution >= 4 is 11.3 Å². The summed E-state index contributed by atoms with van der Waals surface area (Å²) in [4.78, 5) is 0. The van der Waals surface area contributed by atoms with Crippen LogP contribution in [0.5, 0.6) is 0 Å². The normalized spacial score (nSPS) is 24.9. The van der Waals surface area contributed by atoms with E-state index in [2.05, 4.69) is 0 Å². The van der Waals surface area contributed by atoms with E-state index >= 15 is 0 Å². The number of benzene rings is 1. The smallest absolute Gasteiger partial charge is 0.143 e. The van der Waals surface area contributed by atoms with Crippen LogP contribution in [0.3, 0.4) is 0 Å². The number of rotatable bonds is 1. The molecule has 0 saturated heterocycles. The highest BCUT2D eigenvalue weighted by atomic mass is 16.3. The highest BCUT2D eigenvalue weighted by Gasteiger charge is 2.29. The van der Waals surface area contributed by atoms with Crippen molar-refractivity contribution in [3.8, 4) is 0 Å². The lowest BCUT2D eigenvalue weighted by atomic mass is 9.88. The summed E-state index contributed by atoms with van der Waals surface area (Å²) in [5, 5.41) is 10.1. The number of nitrogens with two attached hydrogens (primary N) is 3. The van der Waals surface area contributed by atoms with Gasteiger partial charge >= 0.3 is 0 Å². The number of hydrogen-bond acceptors (Lipinski definition) is 4. The van der Waals surface area contributed by atoms with Crippen LogP contribution < -0.4 is 17.2 Å². The molecule has 1 atom stereocenters. The minimum absolute atomic E-state index is 0.305. The standard InChI is InChI=1S/C12H15N3O/c13-9-3-1-2-8(6-9)11-7-10(14)4-5-12(11,15)16/h1-4,6-7,16H,5,13-15H2. The molecule has 1 aliphatic carbocycles. The summed E-state index contributed by atoms with van der Waals surface area (Å²) in [6.45, 7) is 0. The fourth-order valence-electron chi connectivity index (χ4n) is 1.77. The van der Waals surface area contributed by atoms with Crippen molar-refractivity contribution < 1.29 is 5.11 Å². The highest BCUT2D eigenvalue weighted by molar-refractivity contribution is 5.76. The van der Waals surface area contributed by atoms with Crippen molar-refractivity contribution in [3.05, 3.63) is 47.7 Å². The van der Waals surface area contributed by atoms with E-state index in [1.54, 1.807) is 24.3 Å². The Hall–Kier alpha value is -1.78. The van der Waals surface area contributed by atoms with Crippen LogP contribution in [0.1, 0.15) is 12.0 Å². The Morgan fingerprint density at radius 3 is 2.69 bits per heavy atom. The Morgan fingerprint density at radius 1 is 1.25 bits per heavy atom. The molecule has 84 valence electrons. The van der Waals surface area contributed by atoms with Gasteiger partial charge in [0, 0.05) is 23.4 Å². The van der Waals surface area contributed by atoms with Gasteiger partial charge in [-0.15, -0.1) is 0 Å². The van der Waals surface area contributed by atoms with Crippen LogP contribution in [0.25, 0.3) is 5.57 Å². The predicted octanol–water partition coefficient (Wildman–Crippen LogP) is 0.546. The number of hydrogen-bond donors (Lipinski definition) is 4. The van der Waals surface area contributed by atoms with Crippen LogP contribution in [0.2, 0.25) is 0 Å². The average Bonchev–Trinajstić information content (AvgIpc) is 2.22. The number of nitrogen functional groups attached to an aromatic ring is 1. The summed E-state index contributed by atoms with van der Waals surface area (Å²) in [6.07, 6.45) is 3.69. The van der Waals surface area contributed by atoms with Gasteiger partial charge in [-0.3, -0.25) is 5.73 Å². The van der Waals surface area contributed by atoms with Crippen LogP contribution in [0.15, 0.2) is 42.1 Å². The van der Waals surface area contributed by atoms with Gasteiger partial charge in [-0.2, -0.15) is 0 Å². The second-order valence-electron chi connectivity index (χ2n) is 4.02. The summed E-state index contributed by atoms with van der Waals surface area (Å²) in [5.74, 6) is 0. The van der Waals surface area contributed by atoms with E-state index in [1.807, 2.05) is 12.1 Å². The molecule has 1 aliphatic rings. The number of aliphatic hydroxyl groups is 1. The van der Waals surface area contributed by atoms with Crippen molar-refractivity contribution in [2.75, 3.05) is 5.73 Å². The topological polar surface area (TPSA) is 98.3 Å². The van der Waals surface area contributed by atoms with E-state index in [9.17, 15) is 5.11 Å². The van der Waals surface area contributed by atoms with Gasteiger partial charge < -0.3 is 16.6 Å². The molecule has 1 aromatic rings. The lowest BCUT2D eigenvalue weighted by Crippen LogP contribution is -2.42. The largest absolute Gasteiger partial charge is 0.399 e. The Labute approximate surface area is 94.0 Å².